The maximum atomic E-state index is 12.5. The molecule has 5 nitrogen and oxygen atoms in total. The van der Waals surface area contributed by atoms with E-state index in [9.17, 15) is 9.59 Å². The number of ether oxygens (including phenoxy) is 1. The first-order chi connectivity index (χ1) is 16.1. The van der Waals surface area contributed by atoms with Crippen molar-refractivity contribution >= 4 is 11.8 Å². The molecule has 4 rings (SSSR count). The Bertz CT molecular complexity index is 972. The van der Waals surface area contributed by atoms with Crippen LogP contribution in [0.15, 0.2) is 60.0 Å². The van der Waals surface area contributed by atoms with E-state index < -0.39 is 6.10 Å². The summed E-state index contributed by atoms with van der Waals surface area (Å²) in [6.07, 6.45) is 10.7. The van der Waals surface area contributed by atoms with Crippen LogP contribution in [-0.2, 0) is 14.3 Å². The van der Waals surface area contributed by atoms with Gasteiger partial charge in [0, 0.05) is 24.0 Å². The van der Waals surface area contributed by atoms with E-state index in [-0.39, 0.29) is 35.4 Å². The summed E-state index contributed by atoms with van der Waals surface area (Å²) in [6.45, 7) is 15.0. The van der Waals surface area contributed by atoms with E-state index in [4.69, 9.17) is 4.74 Å². The van der Waals surface area contributed by atoms with Crippen LogP contribution in [0.1, 0.15) is 71.9 Å². The third kappa shape index (κ3) is 5.75. The van der Waals surface area contributed by atoms with Crippen molar-refractivity contribution in [1.82, 2.24) is 9.88 Å². The van der Waals surface area contributed by atoms with Crippen LogP contribution < -0.4 is 0 Å². The first-order valence-corrected chi connectivity index (χ1v) is 12.4. The number of likely N-dealkylation sites (tertiary alicyclic amines) is 1. The number of carbonyl (C=O) groups is 2. The van der Waals surface area contributed by atoms with Gasteiger partial charge in [0.15, 0.2) is 5.78 Å². The van der Waals surface area contributed by atoms with Gasteiger partial charge in [0.25, 0.3) is 0 Å². The second kappa shape index (κ2) is 10.8. The molecule has 184 valence electrons. The van der Waals surface area contributed by atoms with Crippen molar-refractivity contribution in [2.75, 3.05) is 13.6 Å². The average Bonchev–Trinajstić information content (AvgIpc) is 3.04. The van der Waals surface area contributed by atoms with Crippen LogP contribution in [0, 0.1) is 17.3 Å². The number of allylic oxidation sites excluding steroid dienone is 4. The topological polar surface area (TPSA) is 59.5 Å². The van der Waals surface area contributed by atoms with E-state index >= 15 is 0 Å². The van der Waals surface area contributed by atoms with Crippen LogP contribution in [0.3, 0.4) is 0 Å². The highest BCUT2D eigenvalue weighted by Gasteiger charge is 2.61. The van der Waals surface area contributed by atoms with Crippen LogP contribution >= 0.6 is 0 Å². The molecule has 1 aromatic rings. The van der Waals surface area contributed by atoms with Crippen molar-refractivity contribution < 1.29 is 14.3 Å². The minimum absolute atomic E-state index is 0.0570. The molecule has 0 radical (unpaired) electrons. The molecule has 34 heavy (non-hydrogen) atoms. The molecule has 0 bridgehead atoms. The zero-order valence-corrected chi connectivity index (χ0v) is 21.6. The molecule has 3 aliphatic rings. The first-order valence-electron chi connectivity index (χ1n) is 12.4. The number of ketones is 1. The van der Waals surface area contributed by atoms with E-state index in [1.807, 2.05) is 39.2 Å². The zero-order valence-electron chi connectivity index (χ0n) is 21.6. The number of rotatable bonds is 6. The molecule has 3 unspecified atom stereocenters. The Morgan fingerprint density at radius 2 is 2.09 bits per heavy atom. The Hall–Kier alpha value is -2.53. The van der Waals surface area contributed by atoms with Gasteiger partial charge in [-0.1, -0.05) is 37.6 Å². The predicted molar refractivity (Wildman–Crippen MR) is 136 cm³/mol. The number of pyridine rings is 1. The number of hydrogen-bond acceptors (Lipinski definition) is 5. The summed E-state index contributed by atoms with van der Waals surface area (Å²) >= 11 is 0. The van der Waals surface area contributed by atoms with Crippen molar-refractivity contribution in [2.45, 2.75) is 72.4 Å². The van der Waals surface area contributed by atoms with Gasteiger partial charge < -0.3 is 4.74 Å². The smallest absolute Gasteiger partial charge is 0.310 e. The Morgan fingerprint density at radius 1 is 1.35 bits per heavy atom. The van der Waals surface area contributed by atoms with Gasteiger partial charge in [-0.25, -0.2) is 0 Å². The fourth-order valence-electron chi connectivity index (χ4n) is 5.32. The number of hydrogen-bond donors (Lipinski definition) is 0. The summed E-state index contributed by atoms with van der Waals surface area (Å²) in [4.78, 5) is 31.0. The van der Waals surface area contributed by atoms with E-state index in [0.29, 0.717) is 12.5 Å². The van der Waals surface area contributed by atoms with Crippen molar-refractivity contribution in [3.8, 4) is 0 Å². The van der Waals surface area contributed by atoms with Gasteiger partial charge in [0.05, 0.1) is 12.3 Å². The molecule has 2 heterocycles. The molecular formula is C29H40N2O3. The molecule has 0 aromatic carbocycles. The van der Waals surface area contributed by atoms with E-state index in [2.05, 4.69) is 49.5 Å². The van der Waals surface area contributed by atoms with Crippen molar-refractivity contribution in [2.24, 2.45) is 17.3 Å². The van der Waals surface area contributed by atoms with Gasteiger partial charge in [-0.05, 0) is 82.2 Å². The SMILES string of the molecule is C=CCC1=C(C)C(OC(=O)C2C(C=C(C)C)C2(C)C)CC1=O.CN1CCC[C@H]1c1cccnc1. The number of esters is 1. The lowest BCUT2D eigenvalue weighted by atomic mass is 10.1. The summed E-state index contributed by atoms with van der Waals surface area (Å²) in [5, 5.41) is 0. The quantitative estimate of drug-likeness (QED) is 0.390. The molecule has 0 N–H and O–H groups in total. The Balaban J connectivity index is 0.000000226. The van der Waals surface area contributed by atoms with Crippen molar-refractivity contribution in [3.63, 3.8) is 0 Å². The minimum Gasteiger partial charge on any atom is -0.457 e. The van der Waals surface area contributed by atoms with Gasteiger partial charge in [-0.15, -0.1) is 6.58 Å². The van der Waals surface area contributed by atoms with Crippen molar-refractivity contribution in [3.05, 3.63) is 65.5 Å². The second-order valence-corrected chi connectivity index (χ2v) is 10.7. The molecule has 2 aliphatic carbocycles. The summed E-state index contributed by atoms with van der Waals surface area (Å²) < 4.78 is 5.66. The summed E-state index contributed by atoms with van der Waals surface area (Å²) in [5.74, 6) is 0.0309. The first kappa shape index (κ1) is 26.1. The maximum Gasteiger partial charge on any atom is 0.310 e. The normalized spacial score (nSPS) is 27.6. The Labute approximate surface area is 205 Å². The van der Waals surface area contributed by atoms with Crippen LogP contribution in [0.5, 0.6) is 0 Å². The van der Waals surface area contributed by atoms with Gasteiger partial charge >= 0.3 is 5.97 Å². The lowest BCUT2D eigenvalue weighted by Crippen LogP contribution is -2.20. The highest BCUT2D eigenvalue weighted by molar-refractivity contribution is 6.00. The zero-order chi connectivity index (χ0) is 25.0. The molecule has 0 spiro atoms. The summed E-state index contributed by atoms with van der Waals surface area (Å²) in [6, 6.07) is 4.79. The molecule has 1 saturated carbocycles. The Morgan fingerprint density at radius 3 is 2.65 bits per heavy atom. The third-order valence-electron chi connectivity index (χ3n) is 7.54. The van der Waals surface area contributed by atoms with Crippen molar-refractivity contribution in [1.29, 1.82) is 0 Å². The largest absolute Gasteiger partial charge is 0.457 e. The Kier molecular flexibility index (Phi) is 8.29. The number of aromatic nitrogens is 1. The average molecular weight is 465 g/mol. The third-order valence-corrected chi connectivity index (χ3v) is 7.54. The maximum absolute atomic E-state index is 12.5. The molecule has 1 aromatic heterocycles. The van der Waals surface area contributed by atoms with E-state index in [1.54, 1.807) is 6.08 Å². The van der Waals surface area contributed by atoms with Gasteiger partial charge in [0.2, 0.25) is 0 Å². The summed E-state index contributed by atoms with van der Waals surface area (Å²) in [7, 11) is 2.19. The minimum atomic E-state index is -0.390. The van der Waals surface area contributed by atoms with E-state index in [0.717, 1.165) is 11.1 Å². The van der Waals surface area contributed by atoms with Crippen LogP contribution in [0.25, 0.3) is 0 Å². The highest BCUT2D eigenvalue weighted by Crippen LogP contribution is 2.60. The fourth-order valence-corrected chi connectivity index (χ4v) is 5.32. The summed E-state index contributed by atoms with van der Waals surface area (Å²) in [5.41, 5.74) is 4.16. The molecule has 2 fully saturated rings. The predicted octanol–water partition coefficient (Wildman–Crippen LogP) is 5.85. The number of nitrogens with zero attached hydrogens (tertiary/aromatic N) is 2. The standard InChI is InChI=1S/C19H26O3.C10H14N2/c1-7-8-13-12(4)16(10-15(13)20)22-18(21)17-14(9-11(2)3)19(17,5)6;1-12-7-3-5-10(12)9-4-2-6-11-8-9/h7,9,14,16-17H,1,8,10H2,2-6H3;2,4,6,8,10H,3,5,7H2,1H3/t;10-/m.0/s1. The second-order valence-electron chi connectivity index (χ2n) is 10.7. The molecule has 0 amide bonds. The number of carbonyl (C=O) groups excluding carboxylic acids is 2. The van der Waals surface area contributed by atoms with Gasteiger partial charge in [-0.3, -0.25) is 19.5 Å². The van der Waals surface area contributed by atoms with Crippen LogP contribution in [0.4, 0.5) is 0 Å². The van der Waals surface area contributed by atoms with Crippen LogP contribution in [0.2, 0.25) is 0 Å². The van der Waals surface area contributed by atoms with Gasteiger partial charge in [-0.2, -0.15) is 0 Å². The number of Topliss-reactive ketones (excluding diaryl/α,β-unsaturated/α-hetero) is 1. The lowest BCUT2D eigenvalue weighted by Gasteiger charge is -2.18. The molecule has 1 saturated heterocycles. The molecule has 5 heteroatoms. The lowest BCUT2D eigenvalue weighted by molar-refractivity contribution is -0.150. The van der Waals surface area contributed by atoms with E-state index in [1.165, 1.54) is 30.5 Å². The molecule has 4 atom stereocenters. The monoisotopic (exact) mass is 464 g/mol. The molecular weight excluding hydrogens is 424 g/mol. The molecule has 1 aliphatic heterocycles. The highest BCUT2D eigenvalue weighted by atomic mass is 16.5. The fraction of sp³-hybridized carbons (Fsp3) is 0.552. The van der Waals surface area contributed by atoms with Gasteiger partial charge in [0.1, 0.15) is 6.10 Å². The van der Waals surface area contributed by atoms with Crippen LogP contribution in [-0.4, -0.2) is 41.3 Å².